The van der Waals surface area contributed by atoms with Crippen LogP contribution in [0.25, 0.3) is 0 Å². The second-order valence-corrected chi connectivity index (χ2v) is 4.45. The minimum atomic E-state index is 0.704. The Morgan fingerprint density at radius 1 is 1.38 bits per heavy atom. The van der Waals surface area contributed by atoms with Gasteiger partial charge in [0.05, 0.1) is 11.6 Å². The maximum atomic E-state index is 4.54. The Balaban J connectivity index is 2.12. The van der Waals surface area contributed by atoms with Crippen molar-refractivity contribution in [2.75, 3.05) is 6.54 Å². The van der Waals surface area contributed by atoms with Crippen LogP contribution >= 0.6 is 11.8 Å². The molecule has 0 saturated heterocycles. The molecule has 1 aliphatic rings. The first-order valence-corrected chi connectivity index (χ1v) is 5.54. The van der Waals surface area contributed by atoms with Gasteiger partial charge in [0.1, 0.15) is 0 Å². The molecule has 0 saturated carbocycles. The molecule has 2 rings (SSSR count). The zero-order valence-electron chi connectivity index (χ0n) is 7.73. The molecule has 0 spiro atoms. The van der Waals surface area contributed by atoms with E-state index in [1.165, 1.54) is 17.0 Å². The van der Waals surface area contributed by atoms with Crippen LogP contribution in [0.3, 0.4) is 0 Å². The molecule has 1 heterocycles. The lowest BCUT2D eigenvalue weighted by Gasteiger charge is -2.03. The molecule has 0 amide bonds. The minimum absolute atomic E-state index is 0.704. The predicted octanol–water partition coefficient (Wildman–Crippen LogP) is 2.96. The number of aliphatic imine (C=N–C) groups is 1. The van der Waals surface area contributed by atoms with Crippen molar-refractivity contribution < 1.29 is 0 Å². The summed E-state index contributed by atoms with van der Waals surface area (Å²) in [6.45, 7) is 3.21. The summed E-state index contributed by atoms with van der Waals surface area (Å²) in [5, 5.41) is 1.92. The molecular formula is C11H13NS. The van der Waals surface area contributed by atoms with E-state index in [0.29, 0.717) is 5.25 Å². The fourth-order valence-electron chi connectivity index (χ4n) is 1.37. The van der Waals surface area contributed by atoms with Crippen LogP contribution in [0.15, 0.2) is 35.3 Å². The highest BCUT2D eigenvalue weighted by molar-refractivity contribution is 8.15. The molecule has 1 aromatic carbocycles. The average Bonchev–Trinajstić information content (AvgIpc) is 2.67. The van der Waals surface area contributed by atoms with Crippen LogP contribution < -0.4 is 0 Å². The summed E-state index contributed by atoms with van der Waals surface area (Å²) in [7, 11) is 0. The fourth-order valence-corrected chi connectivity index (χ4v) is 2.42. The normalized spacial score (nSPS) is 21.6. The summed E-state index contributed by atoms with van der Waals surface area (Å²) in [5.41, 5.74) is 1.27. The highest BCUT2D eigenvalue weighted by Crippen LogP contribution is 2.27. The van der Waals surface area contributed by atoms with Gasteiger partial charge in [-0.25, -0.2) is 0 Å². The average molecular weight is 191 g/mol. The van der Waals surface area contributed by atoms with Crippen molar-refractivity contribution in [3.05, 3.63) is 35.9 Å². The highest BCUT2D eigenvalue weighted by atomic mass is 32.2. The Hall–Kier alpha value is -0.760. The maximum Gasteiger partial charge on any atom is 0.0980 e. The molecule has 0 bridgehead atoms. The molecule has 0 fully saturated rings. The third-order valence-electron chi connectivity index (χ3n) is 2.19. The van der Waals surface area contributed by atoms with E-state index >= 15 is 0 Å². The SMILES string of the molecule is CC[C@@H]1CN=C(c2ccccc2)S1. The molecule has 68 valence electrons. The first kappa shape index (κ1) is 8.82. The Morgan fingerprint density at radius 3 is 2.77 bits per heavy atom. The van der Waals surface area contributed by atoms with Gasteiger partial charge in [-0.2, -0.15) is 0 Å². The molecule has 0 N–H and O–H groups in total. The van der Waals surface area contributed by atoms with E-state index in [9.17, 15) is 0 Å². The Kier molecular flexibility index (Phi) is 2.69. The van der Waals surface area contributed by atoms with Crippen molar-refractivity contribution in [2.24, 2.45) is 4.99 Å². The third-order valence-corrected chi connectivity index (χ3v) is 3.60. The number of hydrogen-bond donors (Lipinski definition) is 0. The van der Waals surface area contributed by atoms with Gasteiger partial charge in [0.15, 0.2) is 0 Å². The lowest BCUT2D eigenvalue weighted by Crippen LogP contribution is -1.99. The summed E-state index contributed by atoms with van der Waals surface area (Å²) < 4.78 is 0. The number of benzene rings is 1. The van der Waals surface area contributed by atoms with Gasteiger partial charge in [-0.05, 0) is 6.42 Å². The fraction of sp³-hybridized carbons (Fsp3) is 0.364. The summed E-state index contributed by atoms with van der Waals surface area (Å²) in [4.78, 5) is 4.54. The van der Waals surface area contributed by atoms with E-state index in [2.05, 4.69) is 36.2 Å². The van der Waals surface area contributed by atoms with Crippen LogP contribution in [0.1, 0.15) is 18.9 Å². The second kappa shape index (κ2) is 3.97. The van der Waals surface area contributed by atoms with E-state index in [4.69, 9.17) is 0 Å². The Labute approximate surface area is 83.3 Å². The van der Waals surface area contributed by atoms with E-state index in [1.54, 1.807) is 0 Å². The lowest BCUT2D eigenvalue weighted by atomic mass is 10.2. The first-order valence-electron chi connectivity index (χ1n) is 4.66. The molecule has 13 heavy (non-hydrogen) atoms. The van der Waals surface area contributed by atoms with Crippen molar-refractivity contribution in [3.63, 3.8) is 0 Å². The number of rotatable bonds is 2. The van der Waals surface area contributed by atoms with Gasteiger partial charge in [-0.3, -0.25) is 4.99 Å². The molecule has 0 unspecified atom stereocenters. The zero-order chi connectivity index (χ0) is 9.10. The van der Waals surface area contributed by atoms with Gasteiger partial charge >= 0.3 is 0 Å². The minimum Gasteiger partial charge on any atom is -0.277 e. The molecule has 0 aliphatic carbocycles. The summed E-state index contributed by atoms with van der Waals surface area (Å²) >= 11 is 1.91. The van der Waals surface area contributed by atoms with Gasteiger partial charge < -0.3 is 0 Å². The molecule has 1 aliphatic heterocycles. The van der Waals surface area contributed by atoms with Crippen molar-refractivity contribution in [1.82, 2.24) is 0 Å². The van der Waals surface area contributed by atoms with E-state index in [0.717, 1.165) is 6.54 Å². The number of hydrogen-bond acceptors (Lipinski definition) is 2. The summed E-state index contributed by atoms with van der Waals surface area (Å²) in [5.74, 6) is 0. The van der Waals surface area contributed by atoms with Gasteiger partial charge in [0.2, 0.25) is 0 Å². The zero-order valence-corrected chi connectivity index (χ0v) is 8.55. The maximum absolute atomic E-state index is 4.54. The van der Waals surface area contributed by atoms with Crippen LogP contribution in [0.4, 0.5) is 0 Å². The van der Waals surface area contributed by atoms with Crippen LogP contribution in [0.2, 0.25) is 0 Å². The van der Waals surface area contributed by atoms with Crippen LogP contribution in [-0.4, -0.2) is 16.8 Å². The van der Waals surface area contributed by atoms with Crippen LogP contribution in [0.5, 0.6) is 0 Å². The van der Waals surface area contributed by atoms with E-state index in [1.807, 2.05) is 17.8 Å². The Morgan fingerprint density at radius 2 is 2.15 bits per heavy atom. The first-order chi connectivity index (χ1) is 6.40. The quantitative estimate of drug-likeness (QED) is 0.700. The summed E-state index contributed by atoms with van der Waals surface area (Å²) in [6, 6.07) is 10.4. The smallest absolute Gasteiger partial charge is 0.0980 e. The molecule has 1 nitrogen and oxygen atoms in total. The lowest BCUT2D eigenvalue weighted by molar-refractivity contribution is 0.844. The molecule has 1 aromatic rings. The van der Waals surface area contributed by atoms with Crippen molar-refractivity contribution >= 4 is 16.8 Å². The topological polar surface area (TPSA) is 12.4 Å². The third kappa shape index (κ3) is 1.94. The van der Waals surface area contributed by atoms with Crippen LogP contribution in [0, 0.1) is 0 Å². The molecule has 1 atom stereocenters. The van der Waals surface area contributed by atoms with Gasteiger partial charge in [0, 0.05) is 10.8 Å². The van der Waals surface area contributed by atoms with Crippen molar-refractivity contribution in [2.45, 2.75) is 18.6 Å². The number of nitrogens with zero attached hydrogens (tertiary/aromatic N) is 1. The molecule has 2 heteroatoms. The van der Waals surface area contributed by atoms with E-state index < -0.39 is 0 Å². The van der Waals surface area contributed by atoms with Crippen molar-refractivity contribution in [1.29, 1.82) is 0 Å². The predicted molar refractivity (Wildman–Crippen MR) is 59.5 cm³/mol. The summed E-state index contributed by atoms with van der Waals surface area (Å²) in [6.07, 6.45) is 1.21. The van der Waals surface area contributed by atoms with Crippen LogP contribution in [-0.2, 0) is 0 Å². The van der Waals surface area contributed by atoms with E-state index in [-0.39, 0.29) is 0 Å². The Bertz CT molecular complexity index is 305. The highest BCUT2D eigenvalue weighted by Gasteiger charge is 2.18. The van der Waals surface area contributed by atoms with Crippen molar-refractivity contribution in [3.8, 4) is 0 Å². The second-order valence-electron chi connectivity index (χ2n) is 3.16. The monoisotopic (exact) mass is 191 g/mol. The molecular weight excluding hydrogens is 178 g/mol. The van der Waals surface area contributed by atoms with Gasteiger partial charge in [0.25, 0.3) is 0 Å². The van der Waals surface area contributed by atoms with Gasteiger partial charge in [-0.15, -0.1) is 11.8 Å². The largest absolute Gasteiger partial charge is 0.277 e. The molecule has 0 aromatic heterocycles. The standard InChI is InChI=1S/C11H13NS/c1-2-10-8-12-11(13-10)9-6-4-3-5-7-9/h3-7,10H,2,8H2,1H3/t10-/m1/s1. The number of thioether (sulfide) groups is 1. The molecule has 0 radical (unpaired) electrons. The van der Waals surface area contributed by atoms with Gasteiger partial charge in [-0.1, -0.05) is 37.3 Å².